The third kappa shape index (κ3) is 2.94. The monoisotopic (exact) mass is 229 g/mol. The van der Waals surface area contributed by atoms with E-state index in [-0.39, 0.29) is 0 Å². The summed E-state index contributed by atoms with van der Waals surface area (Å²) >= 11 is 0. The number of hydrogen-bond donors (Lipinski definition) is 1. The highest BCUT2D eigenvalue weighted by Gasteiger charge is 2.15. The zero-order chi connectivity index (χ0) is 12.1. The topological polar surface area (TPSA) is 28.2 Å². The molecule has 1 aromatic rings. The maximum atomic E-state index is 4.67. The van der Waals surface area contributed by atoms with Gasteiger partial charge in [0.05, 0.1) is 0 Å². The van der Waals surface area contributed by atoms with Crippen LogP contribution in [0.3, 0.4) is 0 Å². The predicted molar refractivity (Wildman–Crippen MR) is 72.1 cm³/mol. The van der Waals surface area contributed by atoms with Crippen LogP contribution in [0, 0.1) is 0 Å². The van der Waals surface area contributed by atoms with Crippen molar-refractivity contribution in [2.45, 2.75) is 12.8 Å². The summed E-state index contributed by atoms with van der Waals surface area (Å²) in [4.78, 5) is 6.86. The molecule has 1 N–H and O–H groups in total. The van der Waals surface area contributed by atoms with E-state index in [4.69, 9.17) is 0 Å². The Kier molecular flexibility index (Phi) is 3.94. The lowest BCUT2D eigenvalue weighted by Gasteiger charge is -2.30. The van der Waals surface area contributed by atoms with Gasteiger partial charge in [-0.15, -0.1) is 6.58 Å². The Labute approximate surface area is 103 Å². The van der Waals surface area contributed by atoms with Gasteiger partial charge in [-0.3, -0.25) is 0 Å². The number of rotatable bonds is 4. The van der Waals surface area contributed by atoms with Crippen molar-refractivity contribution in [2.24, 2.45) is 0 Å². The van der Waals surface area contributed by atoms with Crippen molar-refractivity contribution >= 4 is 5.82 Å². The van der Waals surface area contributed by atoms with Crippen LogP contribution >= 0.6 is 0 Å². The van der Waals surface area contributed by atoms with E-state index >= 15 is 0 Å². The number of nitrogens with one attached hydrogen (secondary N) is 1. The van der Waals surface area contributed by atoms with Gasteiger partial charge < -0.3 is 10.2 Å². The summed E-state index contributed by atoms with van der Waals surface area (Å²) < 4.78 is 0. The van der Waals surface area contributed by atoms with Crippen molar-refractivity contribution in [3.8, 4) is 0 Å². The molecule has 1 saturated heterocycles. The second-order valence-corrected chi connectivity index (χ2v) is 4.21. The van der Waals surface area contributed by atoms with Crippen LogP contribution in [-0.4, -0.2) is 24.6 Å². The molecular formula is C14H19N3. The van der Waals surface area contributed by atoms with Crippen LogP contribution in [-0.2, 0) is 6.42 Å². The summed E-state index contributed by atoms with van der Waals surface area (Å²) in [7, 11) is 0. The highest BCUT2D eigenvalue weighted by atomic mass is 15.2. The van der Waals surface area contributed by atoms with Crippen LogP contribution < -0.4 is 10.2 Å². The van der Waals surface area contributed by atoms with Crippen molar-refractivity contribution in [1.82, 2.24) is 10.3 Å². The van der Waals surface area contributed by atoms with E-state index in [1.807, 2.05) is 12.1 Å². The van der Waals surface area contributed by atoms with Gasteiger partial charge in [0.25, 0.3) is 0 Å². The van der Waals surface area contributed by atoms with Crippen molar-refractivity contribution in [2.75, 3.05) is 24.5 Å². The van der Waals surface area contributed by atoms with Crippen molar-refractivity contribution < 1.29 is 0 Å². The number of pyridine rings is 1. The molecule has 90 valence electrons. The molecule has 1 aromatic heterocycles. The van der Waals surface area contributed by atoms with E-state index in [0.29, 0.717) is 0 Å². The fourth-order valence-electron chi connectivity index (χ4n) is 1.96. The molecule has 2 rings (SSSR count). The average molecular weight is 229 g/mol. The third-order valence-electron chi connectivity index (χ3n) is 2.90. The second-order valence-electron chi connectivity index (χ2n) is 4.21. The number of piperazine rings is 1. The zero-order valence-corrected chi connectivity index (χ0v) is 10.2. The number of aryl methyl sites for hydroxylation is 1. The maximum absolute atomic E-state index is 4.67. The number of aromatic nitrogens is 1. The fraction of sp³-hybridized carbons (Fsp3) is 0.357. The first-order chi connectivity index (χ1) is 8.31. The van der Waals surface area contributed by atoms with Gasteiger partial charge in [0, 0.05) is 31.0 Å². The lowest BCUT2D eigenvalue weighted by molar-refractivity contribution is 0.643. The summed E-state index contributed by atoms with van der Waals surface area (Å²) in [5, 5.41) is 3.30. The van der Waals surface area contributed by atoms with Gasteiger partial charge in [-0.2, -0.15) is 0 Å². The van der Waals surface area contributed by atoms with Gasteiger partial charge >= 0.3 is 0 Å². The largest absolute Gasteiger partial charge is 0.328 e. The molecule has 0 radical (unpaired) electrons. The molecule has 0 amide bonds. The average Bonchev–Trinajstić information content (AvgIpc) is 2.37. The van der Waals surface area contributed by atoms with Crippen molar-refractivity contribution in [3.63, 3.8) is 0 Å². The maximum Gasteiger partial charge on any atom is 0.133 e. The van der Waals surface area contributed by atoms with Gasteiger partial charge in [0.15, 0.2) is 0 Å². The molecule has 3 heteroatoms. The van der Waals surface area contributed by atoms with Crippen LogP contribution in [0.5, 0.6) is 0 Å². The smallest absolute Gasteiger partial charge is 0.133 e. The predicted octanol–water partition coefficient (Wildman–Crippen LogP) is 2.12. The summed E-state index contributed by atoms with van der Waals surface area (Å²) in [5.74, 6) is 1.01. The quantitative estimate of drug-likeness (QED) is 0.802. The first-order valence-corrected chi connectivity index (χ1v) is 6.04. The summed E-state index contributed by atoms with van der Waals surface area (Å²) in [6, 6.07) is 6.18. The van der Waals surface area contributed by atoms with Gasteiger partial charge in [0.2, 0.25) is 0 Å². The molecule has 0 atom stereocenters. The van der Waals surface area contributed by atoms with Crippen molar-refractivity contribution in [3.05, 3.63) is 48.8 Å². The lowest BCUT2D eigenvalue weighted by atomic mass is 10.2. The first-order valence-electron chi connectivity index (χ1n) is 6.04. The molecule has 1 aliphatic rings. The first kappa shape index (κ1) is 11.9. The normalized spacial score (nSPS) is 16.0. The van der Waals surface area contributed by atoms with E-state index < -0.39 is 0 Å². The minimum absolute atomic E-state index is 0.846. The van der Waals surface area contributed by atoms with E-state index in [0.717, 1.165) is 49.7 Å². The summed E-state index contributed by atoms with van der Waals surface area (Å²) in [5.41, 5.74) is 2.21. The van der Waals surface area contributed by atoms with E-state index in [1.54, 1.807) is 0 Å². The van der Waals surface area contributed by atoms with Crippen LogP contribution in [0.1, 0.15) is 12.1 Å². The lowest BCUT2D eigenvalue weighted by Crippen LogP contribution is -2.41. The summed E-state index contributed by atoms with van der Waals surface area (Å²) in [6.07, 6.45) is 3.85. The van der Waals surface area contributed by atoms with Crippen LogP contribution in [0.4, 0.5) is 5.82 Å². The van der Waals surface area contributed by atoms with E-state index in [2.05, 4.69) is 40.5 Å². The van der Waals surface area contributed by atoms with E-state index in [1.165, 1.54) is 0 Å². The van der Waals surface area contributed by atoms with Crippen LogP contribution in [0.2, 0.25) is 0 Å². The number of nitrogens with zero attached hydrogens (tertiary/aromatic N) is 2. The third-order valence-corrected chi connectivity index (χ3v) is 2.90. The Balaban J connectivity index is 2.14. The standard InChI is InChI=1S/C14H19N3/c1-3-4-6-13-7-5-8-14(16-13)17-10-9-15-11-12(17)2/h3,5,7-8,15H,1-2,4,6,9-11H2. The van der Waals surface area contributed by atoms with Gasteiger partial charge in [0.1, 0.15) is 5.82 Å². The summed E-state index contributed by atoms with van der Waals surface area (Å²) in [6.45, 7) is 10.6. The van der Waals surface area contributed by atoms with E-state index in [9.17, 15) is 0 Å². The zero-order valence-electron chi connectivity index (χ0n) is 10.2. The molecule has 0 saturated carbocycles. The molecule has 17 heavy (non-hydrogen) atoms. The van der Waals surface area contributed by atoms with Gasteiger partial charge in [-0.1, -0.05) is 18.7 Å². The Hall–Kier alpha value is -1.61. The minimum Gasteiger partial charge on any atom is -0.328 e. The molecule has 2 heterocycles. The van der Waals surface area contributed by atoms with Crippen molar-refractivity contribution in [1.29, 1.82) is 0 Å². The minimum atomic E-state index is 0.846. The van der Waals surface area contributed by atoms with Gasteiger partial charge in [-0.05, 0) is 25.0 Å². The second kappa shape index (κ2) is 5.64. The Morgan fingerprint density at radius 3 is 3.12 bits per heavy atom. The molecule has 0 aromatic carbocycles. The number of anilines is 1. The Bertz CT molecular complexity index is 412. The molecular weight excluding hydrogens is 210 g/mol. The fourth-order valence-corrected chi connectivity index (χ4v) is 1.96. The Morgan fingerprint density at radius 1 is 1.47 bits per heavy atom. The molecule has 0 aliphatic carbocycles. The number of hydrogen-bond acceptors (Lipinski definition) is 3. The highest BCUT2D eigenvalue weighted by Crippen LogP contribution is 2.17. The molecule has 0 bridgehead atoms. The molecule has 3 nitrogen and oxygen atoms in total. The molecule has 0 unspecified atom stereocenters. The number of allylic oxidation sites excluding steroid dienone is 1. The highest BCUT2D eigenvalue weighted by molar-refractivity contribution is 5.47. The van der Waals surface area contributed by atoms with Gasteiger partial charge in [-0.25, -0.2) is 4.98 Å². The molecule has 1 aliphatic heterocycles. The molecule has 0 spiro atoms. The van der Waals surface area contributed by atoms with Crippen LogP contribution in [0.25, 0.3) is 0 Å². The van der Waals surface area contributed by atoms with Crippen LogP contribution in [0.15, 0.2) is 43.1 Å². The Morgan fingerprint density at radius 2 is 2.35 bits per heavy atom. The SMILES string of the molecule is C=CCCc1cccc(N2CCNCC2=C)n1. The molecule has 1 fully saturated rings.